The van der Waals surface area contributed by atoms with E-state index in [2.05, 4.69) is 10.1 Å². The number of nitrogens with zero attached hydrogens (tertiary/aromatic N) is 3. The van der Waals surface area contributed by atoms with Gasteiger partial charge in [-0.3, -0.25) is 19.1 Å². The van der Waals surface area contributed by atoms with E-state index in [9.17, 15) is 14.4 Å². The zero-order chi connectivity index (χ0) is 19.7. The van der Waals surface area contributed by atoms with E-state index >= 15 is 0 Å². The van der Waals surface area contributed by atoms with E-state index in [4.69, 9.17) is 10.3 Å². The highest BCUT2D eigenvalue weighted by molar-refractivity contribution is 6.08. The molecule has 0 spiro atoms. The number of aromatic amines is 1. The van der Waals surface area contributed by atoms with Crippen LogP contribution in [-0.4, -0.2) is 27.7 Å². The third-order valence-electron chi connectivity index (χ3n) is 4.28. The summed E-state index contributed by atoms with van der Waals surface area (Å²) in [4.78, 5) is 40.8. The van der Waals surface area contributed by atoms with Crippen molar-refractivity contribution in [1.29, 1.82) is 0 Å². The van der Waals surface area contributed by atoms with E-state index in [0.29, 0.717) is 11.5 Å². The highest BCUT2D eigenvalue weighted by Crippen LogP contribution is 2.21. The van der Waals surface area contributed by atoms with E-state index in [-0.39, 0.29) is 23.6 Å². The topological polar surface area (TPSA) is 127 Å². The number of benzene rings is 1. The summed E-state index contributed by atoms with van der Waals surface area (Å²) in [6.45, 7) is 3.38. The summed E-state index contributed by atoms with van der Waals surface area (Å²) in [5.41, 5.74) is 6.07. The van der Waals surface area contributed by atoms with E-state index < -0.39 is 17.2 Å². The van der Waals surface area contributed by atoms with Crippen LogP contribution < -0.4 is 21.9 Å². The van der Waals surface area contributed by atoms with Crippen molar-refractivity contribution in [3.63, 3.8) is 0 Å². The molecule has 0 aliphatic carbocycles. The van der Waals surface area contributed by atoms with Crippen molar-refractivity contribution in [2.45, 2.75) is 20.4 Å². The lowest BCUT2D eigenvalue weighted by Crippen LogP contribution is -2.39. The van der Waals surface area contributed by atoms with Gasteiger partial charge >= 0.3 is 5.69 Å². The Kier molecular flexibility index (Phi) is 4.68. The number of nitrogen functional groups attached to an aromatic ring is 1. The van der Waals surface area contributed by atoms with Crippen LogP contribution in [0, 0.1) is 13.8 Å². The molecule has 0 bridgehead atoms. The van der Waals surface area contributed by atoms with E-state index in [1.54, 1.807) is 13.8 Å². The summed E-state index contributed by atoms with van der Waals surface area (Å²) < 4.78 is 6.23. The fraction of sp³-hybridized carbons (Fsp3) is 0.222. The molecule has 0 fully saturated rings. The lowest BCUT2D eigenvalue weighted by molar-refractivity contribution is 0.0990. The van der Waals surface area contributed by atoms with Crippen molar-refractivity contribution in [3.05, 3.63) is 73.8 Å². The number of carbonyl (C=O) groups excluding carboxylic acids is 1. The quantitative estimate of drug-likeness (QED) is 0.707. The number of aromatic nitrogens is 3. The maximum atomic E-state index is 12.8. The molecule has 9 heteroatoms. The van der Waals surface area contributed by atoms with Crippen molar-refractivity contribution >= 4 is 17.4 Å². The number of rotatable bonds is 4. The van der Waals surface area contributed by atoms with Gasteiger partial charge in [0.15, 0.2) is 5.69 Å². The Morgan fingerprint density at radius 3 is 2.52 bits per heavy atom. The Labute approximate surface area is 154 Å². The van der Waals surface area contributed by atoms with E-state index in [1.165, 1.54) is 11.6 Å². The van der Waals surface area contributed by atoms with Crippen LogP contribution in [0.15, 0.2) is 44.4 Å². The molecule has 3 rings (SSSR count). The molecule has 0 unspecified atom stereocenters. The molecule has 0 saturated heterocycles. The number of H-pyrrole nitrogens is 1. The van der Waals surface area contributed by atoms with Gasteiger partial charge in [0, 0.05) is 7.05 Å². The Balaban J connectivity index is 2.08. The predicted octanol–water partition coefficient (Wildman–Crippen LogP) is 1.05. The molecule has 0 saturated carbocycles. The zero-order valence-corrected chi connectivity index (χ0v) is 15.1. The van der Waals surface area contributed by atoms with Crippen LogP contribution in [0.4, 0.5) is 11.5 Å². The molecule has 0 aliphatic rings. The minimum Gasteiger partial charge on any atom is -0.383 e. The van der Waals surface area contributed by atoms with Crippen LogP contribution in [0.2, 0.25) is 0 Å². The number of hydrogen-bond acceptors (Lipinski definition) is 6. The predicted molar refractivity (Wildman–Crippen MR) is 100.0 cm³/mol. The lowest BCUT2D eigenvalue weighted by Gasteiger charge is -2.20. The zero-order valence-electron chi connectivity index (χ0n) is 15.1. The van der Waals surface area contributed by atoms with Gasteiger partial charge in [0.1, 0.15) is 17.1 Å². The average Bonchev–Trinajstić information content (AvgIpc) is 2.97. The number of nitrogens with one attached hydrogen (secondary N) is 1. The summed E-state index contributed by atoms with van der Waals surface area (Å²) in [6.07, 6.45) is 0. The molecule has 1 aromatic carbocycles. The second-order valence-electron chi connectivity index (χ2n) is 6.13. The number of aryl methyl sites for hydroxylation is 2. The summed E-state index contributed by atoms with van der Waals surface area (Å²) in [6, 6.07) is 9.17. The molecule has 2 heterocycles. The van der Waals surface area contributed by atoms with Gasteiger partial charge in [0.25, 0.3) is 11.5 Å². The maximum absolute atomic E-state index is 12.8. The van der Waals surface area contributed by atoms with Gasteiger partial charge in [-0.25, -0.2) is 4.79 Å². The fourth-order valence-electron chi connectivity index (χ4n) is 2.88. The van der Waals surface area contributed by atoms with Gasteiger partial charge in [-0.15, -0.1) is 0 Å². The van der Waals surface area contributed by atoms with Crippen molar-refractivity contribution in [1.82, 2.24) is 14.7 Å². The first-order valence-corrected chi connectivity index (χ1v) is 8.18. The molecule has 3 aromatic rings. The molecule has 1 amide bonds. The van der Waals surface area contributed by atoms with Gasteiger partial charge < -0.3 is 15.2 Å². The van der Waals surface area contributed by atoms with Crippen molar-refractivity contribution in [2.75, 3.05) is 17.7 Å². The number of carbonyl (C=O) groups is 1. The molecule has 3 N–H and O–H groups in total. The Morgan fingerprint density at radius 1 is 1.26 bits per heavy atom. The Hall–Kier alpha value is -3.62. The third kappa shape index (κ3) is 3.26. The van der Waals surface area contributed by atoms with Gasteiger partial charge in [-0.2, -0.15) is 0 Å². The molecule has 2 aromatic heterocycles. The van der Waals surface area contributed by atoms with Crippen LogP contribution in [-0.2, 0) is 6.54 Å². The highest BCUT2D eigenvalue weighted by Gasteiger charge is 2.26. The first-order valence-electron chi connectivity index (χ1n) is 8.18. The van der Waals surface area contributed by atoms with Crippen LogP contribution in [0.3, 0.4) is 0 Å². The first-order chi connectivity index (χ1) is 12.8. The lowest BCUT2D eigenvalue weighted by atomic mass is 10.1. The third-order valence-corrected chi connectivity index (χ3v) is 4.28. The summed E-state index contributed by atoms with van der Waals surface area (Å²) >= 11 is 0. The number of anilines is 2. The first kappa shape index (κ1) is 18.2. The monoisotopic (exact) mass is 369 g/mol. The average molecular weight is 369 g/mol. The molecule has 0 radical (unpaired) electrons. The summed E-state index contributed by atoms with van der Waals surface area (Å²) in [7, 11) is 1.41. The van der Waals surface area contributed by atoms with Crippen LogP contribution >= 0.6 is 0 Å². The Morgan fingerprint density at radius 2 is 1.93 bits per heavy atom. The summed E-state index contributed by atoms with van der Waals surface area (Å²) in [5, 5.41) is 3.75. The SMILES string of the molecule is Cc1noc(C)c1C(=O)N(C)c1c(N)n(Cc2ccccc2)c(=O)[nH]c1=O. The smallest absolute Gasteiger partial charge is 0.330 e. The highest BCUT2D eigenvalue weighted by atomic mass is 16.5. The minimum absolute atomic E-state index is 0.102. The molecule has 140 valence electrons. The maximum Gasteiger partial charge on any atom is 0.330 e. The second-order valence-corrected chi connectivity index (χ2v) is 6.13. The van der Waals surface area contributed by atoms with E-state index in [0.717, 1.165) is 10.5 Å². The Bertz CT molecular complexity index is 1090. The van der Waals surface area contributed by atoms with Crippen LogP contribution in [0.25, 0.3) is 0 Å². The molecule has 0 atom stereocenters. The van der Waals surface area contributed by atoms with Crippen molar-refractivity contribution in [2.24, 2.45) is 0 Å². The number of amides is 1. The summed E-state index contributed by atoms with van der Waals surface area (Å²) in [5.74, 6) is -0.277. The van der Waals surface area contributed by atoms with Gasteiger partial charge in [-0.05, 0) is 19.4 Å². The largest absolute Gasteiger partial charge is 0.383 e. The van der Waals surface area contributed by atoms with E-state index in [1.807, 2.05) is 30.3 Å². The molecular weight excluding hydrogens is 350 g/mol. The molecule has 9 nitrogen and oxygen atoms in total. The van der Waals surface area contributed by atoms with Gasteiger partial charge in [0.2, 0.25) is 0 Å². The van der Waals surface area contributed by atoms with Gasteiger partial charge in [-0.1, -0.05) is 35.5 Å². The fourth-order valence-corrected chi connectivity index (χ4v) is 2.88. The van der Waals surface area contributed by atoms with Crippen molar-refractivity contribution in [3.8, 4) is 0 Å². The van der Waals surface area contributed by atoms with Gasteiger partial charge in [0.05, 0.1) is 12.2 Å². The molecular formula is C18H19N5O4. The second kappa shape index (κ2) is 6.94. The van der Waals surface area contributed by atoms with Crippen LogP contribution in [0.1, 0.15) is 27.4 Å². The molecule has 27 heavy (non-hydrogen) atoms. The normalized spacial score (nSPS) is 10.8. The number of hydrogen-bond donors (Lipinski definition) is 2. The number of nitrogens with two attached hydrogens (primary N) is 1. The van der Waals surface area contributed by atoms with Crippen molar-refractivity contribution < 1.29 is 9.32 Å². The van der Waals surface area contributed by atoms with Crippen LogP contribution in [0.5, 0.6) is 0 Å². The molecule has 0 aliphatic heterocycles. The minimum atomic E-state index is -0.746. The standard InChI is InChI=1S/C18H19N5O4/c1-10-13(11(2)27-21-10)17(25)22(3)14-15(19)23(18(26)20-16(14)24)9-12-7-5-4-6-8-12/h4-8H,9,19H2,1-3H3,(H,20,24,26).